The molecular weight excluding hydrogens is 434 g/mol. The van der Waals surface area contributed by atoms with Crippen molar-refractivity contribution in [2.75, 3.05) is 0 Å². The van der Waals surface area contributed by atoms with E-state index in [1.165, 1.54) is 21.8 Å². The Morgan fingerprint density at radius 2 is 1.42 bits per heavy atom. The zero-order valence-corrected chi connectivity index (χ0v) is 15.1. The molecule has 0 bridgehead atoms. The molecule has 0 saturated heterocycles. The predicted octanol–water partition coefficient (Wildman–Crippen LogP) is 6.62. The van der Waals surface area contributed by atoms with Crippen LogP contribution in [0, 0.1) is 0 Å². The molecule has 1 aromatic heterocycles. The topological polar surface area (TPSA) is 4.93 Å². The second kappa shape index (κ2) is 5.23. The van der Waals surface area contributed by atoms with E-state index in [4.69, 9.17) is 0 Å². The molecule has 3 aromatic rings. The van der Waals surface area contributed by atoms with Crippen LogP contribution >= 0.6 is 47.8 Å². The Bertz CT molecular complexity index is 702. The van der Waals surface area contributed by atoms with Crippen molar-refractivity contribution in [3.05, 3.63) is 45.3 Å². The summed E-state index contributed by atoms with van der Waals surface area (Å²) in [4.78, 5) is 0.315. The molecule has 1 nitrogen and oxygen atoms in total. The normalized spacial score (nSPS) is 13.3. The van der Waals surface area contributed by atoms with Crippen LogP contribution in [-0.2, 0) is 0 Å². The number of nitrogens with zero attached hydrogens (tertiary/aromatic N) is 1. The van der Waals surface area contributed by atoms with E-state index in [0.29, 0.717) is 4.95 Å². The molecular formula is C15H12Br3N. The maximum atomic E-state index is 3.78. The van der Waals surface area contributed by atoms with Crippen LogP contribution in [0.5, 0.6) is 0 Å². The summed E-state index contributed by atoms with van der Waals surface area (Å²) in [6, 6.07) is 12.9. The lowest BCUT2D eigenvalue weighted by Gasteiger charge is -2.13. The van der Waals surface area contributed by atoms with Gasteiger partial charge in [0.25, 0.3) is 0 Å². The summed E-state index contributed by atoms with van der Waals surface area (Å²) in [6.07, 6.45) is 1.05. The van der Waals surface area contributed by atoms with E-state index in [1.54, 1.807) is 0 Å². The molecule has 0 aliphatic heterocycles. The van der Waals surface area contributed by atoms with Gasteiger partial charge < -0.3 is 4.57 Å². The molecule has 0 N–H and O–H groups in total. The van der Waals surface area contributed by atoms with Gasteiger partial charge in [0.2, 0.25) is 0 Å². The van der Waals surface area contributed by atoms with Crippen LogP contribution in [0.2, 0.25) is 0 Å². The summed E-state index contributed by atoms with van der Waals surface area (Å²) in [5.41, 5.74) is 2.53. The number of alkyl halides is 1. The van der Waals surface area contributed by atoms with Crippen molar-refractivity contribution in [3.63, 3.8) is 0 Å². The Morgan fingerprint density at radius 3 is 1.84 bits per heavy atom. The highest BCUT2D eigenvalue weighted by atomic mass is 79.9. The molecule has 0 radical (unpaired) electrons. The Labute approximate surface area is 137 Å². The first kappa shape index (κ1) is 13.7. The third-order valence-corrected chi connectivity index (χ3v) is 5.39. The zero-order valence-electron chi connectivity index (χ0n) is 10.3. The molecule has 0 fully saturated rings. The SMILES string of the molecule is CCC(Br)n1c2ccc(Br)cc2c2cc(Br)ccc21. The lowest BCUT2D eigenvalue weighted by molar-refractivity contribution is 0.714. The molecule has 2 aromatic carbocycles. The second-order valence-corrected chi connectivity index (χ2v) is 7.42. The third-order valence-electron chi connectivity index (χ3n) is 3.34. The maximum absolute atomic E-state index is 3.78. The van der Waals surface area contributed by atoms with Crippen LogP contribution < -0.4 is 0 Å². The first-order valence-corrected chi connectivity index (χ1v) is 8.64. The van der Waals surface area contributed by atoms with Crippen LogP contribution in [0.25, 0.3) is 21.8 Å². The molecule has 0 spiro atoms. The summed E-state index contributed by atoms with van der Waals surface area (Å²) >= 11 is 10.9. The Balaban J connectivity index is 2.50. The van der Waals surface area contributed by atoms with Gasteiger partial charge in [-0.15, -0.1) is 0 Å². The quantitative estimate of drug-likeness (QED) is 0.390. The first-order valence-electron chi connectivity index (χ1n) is 6.14. The van der Waals surface area contributed by atoms with Crippen LogP contribution in [0.4, 0.5) is 0 Å². The number of benzene rings is 2. The van der Waals surface area contributed by atoms with E-state index < -0.39 is 0 Å². The molecule has 1 unspecified atom stereocenters. The average molecular weight is 446 g/mol. The van der Waals surface area contributed by atoms with Gasteiger partial charge in [-0.25, -0.2) is 0 Å². The van der Waals surface area contributed by atoms with Crippen molar-refractivity contribution >= 4 is 69.6 Å². The van der Waals surface area contributed by atoms with Gasteiger partial charge in [-0.3, -0.25) is 0 Å². The van der Waals surface area contributed by atoms with Crippen molar-refractivity contribution in [1.82, 2.24) is 4.57 Å². The smallest absolute Gasteiger partial charge is 0.0892 e. The van der Waals surface area contributed by atoms with Crippen molar-refractivity contribution in [1.29, 1.82) is 0 Å². The van der Waals surface area contributed by atoms with E-state index in [2.05, 4.69) is 95.7 Å². The summed E-state index contributed by atoms with van der Waals surface area (Å²) in [5.74, 6) is 0. The average Bonchev–Trinajstić information content (AvgIpc) is 2.71. The maximum Gasteiger partial charge on any atom is 0.0892 e. The summed E-state index contributed by atoms with van der Waals surface area (Å²) in [6.45, 7) is 2.19. The van der Waals surface area contributed by atoms with E-state index in [-0.39, 0.29) is 0 Å². The molecule has 98 valence electrons. The highest BCUT2D eigenvalue weighted by Gasteiger charge is 2.15. The van der Waals surface area contributed by atoms with Crippen LogP contribution in [0.3, 0.4) is 0 Å². The fourth-order valence-electron chi connectivity index (χ4n) is 2.48. The third kappa shape index (κ3) is 2.28. The standard InChI is InChI=1S/C15H12Br3N/c1-2-15(18)19-13-5-3-9(16)7-11(13)12-8-10(17)4-6-14(12)19/h3-8,15H,2H2,1H3. The Morgan fingerprint density at radius 1 is 0.947 bits per heavy atom. The summed E-state index contributed by atoms with van der Waals surface area (Å²) < 4.78 is 4.59. The Kier molecular flexibility index (Phi) is 3.76. The highest BCUT2D eigenvalue weighted by molar-refractivity contribution is 9.10. The highest BCUT2D eigenvalue weighted by Crippen LogP contribution is 2.37. The number of aromatic nitrogens is 1. The summed E-state index contributed by atoms with van der Waals surface area (Å²) in [7, 11) is 0. The lowest BCUT2D eigenvalue weighted by Crippen LogP contribution is -1.99. The molecule has 0 aliphatic carbocycles. The van der Waals surface area contributed by atoms with Crippen molar-refractivity contribution in [3.8, 4) is 0 Å². The molecule has 0 amide bonds. The van der Waals surface area contributed by atoms with Gasteiger partial charge in [0, 0.05) is 19.7 Å². The molecule has 0 aliphatic rings. The second-order valence-electron chi connectivity index (χ2n) is 4.54. The molecule has 0 saturated carbocycles. The van der Waals surface area contributed by atoms with Gasteiger partial charge in [-0.05, 0) is 42.8 Å². The minimum atomic E-state index is 0.315. The number of fused-ring (bicyclic) bond motifs is 3. The fraction of sp³-hybridized carbons (Fsp3) is 0.200. The van der Waals surface area contributed by atoms with Gasteiger partial charge in [0.05, 0.1) is 16.0 Å². The number of halogens is 3. The molecule has 19 heavy (non-hydrogen) atoms. The van der Waals surface area contributed by atoms with E-state index >= 15 is 0 Å². The molecule has 4 heteroatoms. The summed E-state index contributed by atoms with van der Waals surface area (Å²) in [5, 5.41) is 2.56. The fourth-order valence-corrected chi connectivity index (χ4v) is 3.65. The monoisotopic (exact) mass is 443 g/mol. The largest absolute Gasteiger partial charge is 0.327 e. The first-order chi connectivity index (χ1) is 9.11. The van der Waals surface area contributed by atoms with Crippen LogP contribution in [-0.4, -0.2) is 4.57 Å². The zero-order chi connectivity index (χ0) is 13.6. The van der Waals surface area contributed by atoms with Crippen LogP contribution in [0.1, 0.15) is 18.3 Å². The van der Waals surface area contributed by atoms with Gasteiger partial charge >= 0.3 is 0 Å². The van der Waals surface area contributed by atoms with E-state index in [0.717, 1.165) is 15.4 Å². The van der Waals surface area contributed by atoms with Gasteiger partial charge in [0.1, 0.15) is 0 Å². The number of hydrogen-bond donors (Lipinski definition) is 0. The molecule has 1 atom stereocenters. The van der Waals surface area contributed by atoms with E-state index in [1.807, 2.05) is 0 Å². The van der Waals surface area contributed by atoms with Crippen LogP contribution in [0.15, 0.2) is 45.3 Å². The molecule has 1 heterocycles. The van der Waals surface area contributed by atoms with Gasteiger partial charge in [0.15, 0.2) is 0 Å². The van der Waals surface area contributed by atoms with E-state index in [9.17, 15) is 0 Å². The lowest BCUT2D eigenvalue weighted by atomic mass is 10.2. The Hall–Kier alpha value is -0.320. The van der Waals surface area contributed by atoms with Gasteiger partial charge in [-0.2, -0.15) is 0 Å². The number of rotatable bonds is 2. The molecule has 3 rings (SSSR count). The predicted molar refractivity (Wildman–Crippen MR) is 93.1 cm³/mol. The van der Waals surface area contributed by atoms with Crippen molar-refractivity contribution in [2.24, 2.45) is 0 Å². The minimum Gasteiger partial charge on any atom is -0.327 e. The minimum absolute atomic E-state index is 0.315. The van der Waals surface area contributed by atoms with Crippen molar-refractivity contribution < 1.29 is 0 Å². The number of hydrogen-bond acceptors (Lipinski definition) is 0. The van der Waals surface area contributed by atoms with Gasteiger partial charge in [-0.1, -0.05) is 54.7 Å². The van der Waals surface area contributed by atoms with Crippen molar-refractivity contribution in [2.45, 2.75) is 18.3 Å².